The molecule has 0 saturated heterocycles. The number of hydrogen-bond donors (Lipinski definition) is 1. The van der Waals surface area contributed by atoms with Crippen LogP contribution in [0.3, 0.4) is 0 Å². The Morgan fingerprint density at radius 2 is 2.00 bits per heavy atom. The fourth-order valence-corrected chi connectivity index (χ4v) is 2.41. The fourth-order valence-electron chi connectivity index (χ4n) is 2.16. The van der Waals surface area contributed by atoms with E-state index in [-0.39, 0.29) is 5.82 Å². The molecule has 1 heterocycles. The highest BCUT2D eigenvalue weighted by atomic mass is 35.5. The van der Waals surface area contributed by atoms with Crippen molar-refractivity contribution in [3.05, 3.63) is 47.2 Å². The molecule has 0 bridgehead atoms. The molecule has 3 nitrogen and oxygen atoms in total. The molecule has 2 N–H and O–H groups in total. The Morgan fingerprint density at radius 3 is 2.74 bits per heavy atom. The van der Waals surface area contributed by atoms with Gasteiger partial charge in [0.15, 0.2) is 0 Å². The van der Waals surface area contributed by atoms with Crippen LogP contribution >= 0.6 is 11.6 Å². The zero-order valence-electron chi connectivity index (χ0n) is 10.2. The third kappa shape index (κ3) is 2.04. The van der Waals surface area contributed by atoms with E-state index in [1.54, 1.807) is 24.3 Å². The predicted molar refractivity (Wildman–Crippen MR) is 75.5 cm³/mol. The Morgan fingerprint density at radius 1 is 1.21 bits per heavy atom. The summed E-state index contributed by atoms with van der Waals surface area (Å²) in [5.74, 6) is 0.419. The lowest BCUT2D eigenvalue weighted by atomic mass is 10.2. The quantitative estimate of drug-likeness (QED) is 0.690. The fraction of sp³-hybridized carbons (Fsp3) is 0.0714. The number of anilines is 1. The van der Waals surface area contributed by atoms with Gasteiger partial charge < -0.3 is 10.3 Å². The van der Waals surface area contributed by atoms with E-state index in [2.05, 4.69) is 4.98 Å². The molecule has 0 spiro atoms. The first-order valence-corrected chi connectivity index (χ1v) is 6.11. The Balaban J connectivity index is 2.27. The van der Waals surface area contributed by atoms with Gasteiger partial charge in [-0.05, 0) is 36.4 Å². The van der Waals surface area contributed by atoms with Gasteiger partial charge in [0.25, 0.3) is 0 Å². The van der Waals surface area contributed by atoms with Crippen molar-refractivity contribution in [2.24, 2.45) is 7.05 Å². The van der Waals surface area contributed by atoms with E-state index < -0.39 is 0 Å². The molecule has 5 heteroatoms. The minimum absolute atomic E-state index is 0.285. The second-order valence-corrected chi connectivity index (χ2v) is 4.84. The van der Waals surface area contributed by atoms with Crippen molar-refractivity contribution in [1.82, 2.24) is 9.55 Å². The number of nitrogens with two attached hydrogens (primary N) is 1. The highest BCUT2D eigenvalue weighted by Gasteiger charge is 2.11. The van der Waals surface area contributed by atoms with Crippen LogP contribution in [0, 0.1) is 5.82 Å². The highest BCUT2D eigenvalue weighted by Crippen LogP contribution is 2.28. The summed E-state index contributed by atoms with van der Waals surface area (Å²) in [6.45, 7) is 0. The molecule has 3 aromatic rings. The van der Waals surface area contributed by atoms with Crippen LogP contribution in [0.15, 0.2) is 36.4 Å². The molecule has 0 unspecified atom stereocenters. The van der Waals surface area contributed by atoms with E-state index in [9.17, 15) is 4.39 Å². The summed E-state index contributed by atoms with van der Waals surface area (Å²) < 4.78 is 15.1. The zero-order valence-corrected chi connectivity index (χ0v) is 10.9. The van der Waals surface area contributed by atoms with Crippen LogP contribution in [0.25, 0.3) is 22.4 Å². The van der Waals surface area contributed by atoms with Crippen LogP contribution in [-0.2, 0) is 7.05 Å². The van der Waals surface area contributed by atoms with E-state index in [1.807, 2.05) is 11.6 Å². The SMILES string of the molecule is Cn1c(-c2cc(N)cc(Cl)c2)nc2ccc(F)cc21. The second-order valence-electron chi connectivity index (χ2n) is 4.40. The van der Waals surface area contributed by atoms with E-state index in [0.717, 1.165) is 16.6 Å². The summed E-state index contributed by atoms with van der Waals surface area (Å²) in [7, 11) is 1.83. The van der Waals surface area contributed by atoms with Gasteiger partial charge in [-0.15, -0.1) is 0 Å². The Kier molecular flexibility index (Phi) is 2.68. The maximum Gasteiger partial charge on any atom is 0.140 e. The first kappa shape index (κ1) is 12.0. The molecular formula is C14H11ClFN3. The molecule has 0 fully saturated rings. The summed E-state index contributed by atoms with van der Waals surface area (Å²) in [6, 6.07) is 9.76. The number of nitrogen functional groups attached to an aromatic ring is 1. The van der Waals surface area contributed by atoms with Crippen LogP contribution in [0.2, 0.25) is 5.02 Å². The van der Waals surface area contributed by atoms with Gasteiger partial charge in [-0.25, -0.2) is 9.37 Å². The summed E-state index contributed by atoms with van der Waals surface area (Å²) >= 11 is 6.00. The lowest BCUT2D eigenvalue weighted by molar-refractivity contribution is 0.629. The smallest absolute Gasteiger partial charge is 0.140 e. The molecule has 96 valence electrons. The molecule has 3 rings (SSSR count). The predicted octanol–water partition coefficient (Wildman–Crippen LogP) is 3.62. The van der Waals surface area contributed by atoms with Crippen molar-refractivity contribution in [2.75, 3.05) is 5.73 Å². The van der Waals surface area contributed by atoms with Crippen molar-refractivity contribution in [1.29, 1.82) is 0 Å². The zero-order chi connectivity index (χ0) is 13.6. The van der Waals surface area contributed by atoms with Crippen LogP contribution in [-0.4, -0.2) is 9.55 Å². The van der Waals surface area contributed by atoms with E-state index >= 15 is 0 Å². The van der Waals surface area contributed by atoms with Crippen LogP contribution in [0.1, 0.15) is 0 Å². The minimum Gasteiger partial charge on any atom is -0.399 e. The van der Waals surface area contributed by atoms with Gasteiger partial charge in [0, 0.05) is 23.3 Å². The highest BCUT2D eigenvalue weighted by molar-refractivity contribution is 6.31. The number of rotatable bonds is 1. The summed E-state index contributed by atoms with van der Waals surface area (Å²) in [4.78, 5) is 4.49. The first-order valence-electron chi connectivity index (χ1n) is 5.73. The van der Waals surface area contributed by atoms with Gasteiger partial charge in [0.05, 0.1) is 11.0 Å². The van der Waals surface area contributed by atoms with Crippen LogP contribution in [0.4, 0.5) is 10.1 Å². The number of benzene rings is 2. The van der Waals surface area contributed by atoms with E-state index in [4.69, 9.17) is 17.3 Å². The first-order chi connectivity index (χ1) is 9.04. The van der Waals surface area contributed by atoms with Crippen molar-refractivity contribution >= 4 is 28.3 Å². The lowest BCUT2D eigenvalue weighted by Crippen LogP contribution is -1.94. The lowest BCUT2D eigenvalue weighted by Gasteiger charge is -2.04. The molecule has 2 aromatic carbocycles. The number of halogens is 2. The summed E-state index contributed by atoms with van der Waals surface area (Å²) in [5, 5.41) is 0.549. The molecule has 0 saturated carbocycles. The van der Waals surface area contributed by atoms with Crippen molar-refractivity contribution < 1.29 is 4.39 Å². The van der Waals surface area contributed by atoms with Gasteiger partial charge >= 0.3 is 0 Å². The Bertz CT molecular complexity index is 759. The molecule has 0 radical (unpaired) electrons. The molecule has 0 aliphatic rings. The Labute approximate surface area is 114 Å². The number of aromatic nitrogens is 2. The molecule has 1 aromatic heterocycles. The largest absolute Gasteiger partial charge is 0.399 e. The van der Waals surface area contributed by atoms with Crippen molar-refractivity contribution in [3.8, 4) is 11.4 Å². The van der Waals surface area contributed by atoms with E-state index in [0.29, 0.717) is 16.5 Å². The Hall–Kier alpha value is -2.07. The monoisotopic (exact) mass is 275 g/mol. The molecule has 0 aliphatic carbocycles. The molecule has 0 aliphatic heterocycles. The van der Waals surface area contributed by atoms with Gasteiger partial charge in [-0.3, -0.25) is 0 Å². The van der Waals surface area contributed by atoms with Crippen LogP contribution < -0.4 is 5.73 Å². The maximum atomic E-state index is 13.3. The van der Waals surface area contributed by atoms with Crippen molar-refractivity contribution in [3.63, 3.8) is 0 Å². The van der Waals surface area contributed by atoms with Gasteiger partial charge in [0.1, 0.15) is 11.6 Å². The maximum absolute atomic E-state index is 13.3. The number of hydrogen-bond acceptors (Lipinski definition) is 2. The summed E-state index contributed by atoms with van der Waals surface area (Å²) in [6.07, 6.45) is 0. The third-order valence-electron chi connectivity index (χ3n) is 3.02. The average molecular weight is 276 g/mol. The van der Waals surface area contributed by atoms with Gasteiger partial charge in [-0.2, -0.15) is 0 Å². The number of nitrogens with zero attached hydrogens (tertiary/aromatic N) is 2. The molecular weight excluding hydrogens is 265 g/mol. The second kappa shape index (κ2) is 4.24. The van der Waals surface area contributed by atoms with Crippen LogP contribution in [0.5, 0.6) is 0 Å². The average Bonchev–Trinajstić information content (AvgIpc) is 2.66. The van der Waals surface area contributed by atoms with Gasteiger partial charge in [0.2, 0.25) is 0 Å². The van der Waals surface area contributed by atoms with Crippen molar-refractivity contribution in [2.45, 2.75) is 0 Å². The number of aryl methyl sites for hydroxylation is 1. The summed E-state index contributed by atoms with van der Waals surface area (Å²) in [5.41, 5.74) is 8.63. The molecule has 0 amide bonds. The molecule has 19 heavy (non-hydrogen) atoms. The molecule has 0 atom stereocenters. The van der Waals surface area contributed by atoms with E-state index in [1.165, 1.54) is 12.1 Å². The van der Waals surface area contributed by atoms with Gasteiger partial charge in [-0.1, -0.05) is 11.6 Å². The standard InChI is InChI=1S/C14H11ClFN3/c1-19-13-7-10(16)2-3-12(13)18-14(19)8-4-9(15)6-11(17)5-8/h2-7H,17H2,1H3. The third-order valence-corrected chi connectivity index (χ3v) is 3.24. The topological polar surface area (TPSA) is 43.8 Å². The normalized spacial score (nSPS) is 11.1. The minimum atomic E-state index is -0.285. The number of fused-ring (bicyclic) bond motifs is 1. The number of imidazole rings is 1.